The van der Waals surface area contributed by atoms with Crippen LogP contribution in [0.15, 0.2) is 29.0 Å². The molecule has 3 aromatic rings. The van der Waals surface area contributed by atoms with Gasteiger partial charge in [-0.05, 0) is 32.4 Å². The van der Waals surface area contributed by atoms with E-state index in [9.17, 15) is 0 Å². The first kappa shape index (κ1) is 15.1. The smallest absolute Gasteiger partial charge is 0.153 e. The molecule has 1 aliphatic heterocycles. The van der Waals surface area contributed by atoms with Crippen LogP contribution in [0.4, 0.5) is 5.82 Å². The Kier molecular flexibility index (Phi) is 3.93. The molecule has 1 aliphatic rings. The van der Waals surface area contributed by atoms with Gasteiger partial charge < -0.3 is 9.42 Å². The Hall–Kier alpha value is -2.41. The van der Waals surface area contributed by atoms with E-state index in [4.69, 9.17) is 4.52 Å². The van der Waals surface area contributed by atoms with Gasteiger partial charge in [-0.3, -0.25) is 4.90 Å². The number of hydrogen-bond donors (Lipinski definition) is 0. The zero-order valence-electron chi connectivity index (χ0n) is 14.1. The van der Waals surface area contributed by atoms with Crippen molar-refractivity contribution < 1.29 is 4.52 Å². The normalized spacial score (nSPS) is 16.7. The van der Waals surface area contributed by atoms with Crippen LogP contribution in [0, 0.1) is 13.8 Å². The van der Waals surface area contributed by atoms with Crippen LogP contribution < -0.4 is 4.90 Å². The molecule has 0 spiro atoms. The molecule has 126 valence electrons. The summed E-state index contributed by atoms with van der Waals surface area (Å²) in [5.41, 5.74) is 3.11. The second-order valence-corrected chi connectivity index (χ2v) is 6.34. The predicted octanol–water partition coefficient (Wildman–Crippen LogP) is 2.05. The molecule has 0 atom stereocenters. The topological polar surface area (TPSA) is 62.7 Å². The van der Waals surface area contributed by atoms with Crippen LogP contribution in [0.3, 0.4) is 0 Å². The lowest BCUT2D eigenvalue weighted by molar-refractivity contribution is 0.282. The molecule has 0 amide bonds. The van der Waals surface area contributed by atoms with Crippen molar-refractivity contribution in [3.63, 3.8) is 0 Å². The standard InChI is InChI=1S/C17H22N6O/c1-13-15(14(2)24-20-13)12-21-7-3-8-22(11-10-21)17-5-4-16-18-6-9-23(16)19-17/h4-6,9H,3,7-8,10-12H2,1-2H3. The molecule has 0 bridgehead atoms. The second kappa shape index (κ2) is 6.24. The molecule has 7 nitrogen and oxygen atoms in total. The van der Waals surface area contributed by atoms with Gasteiger partial charge in [-0.2, -0.15) is 0 Å². The summed E-state index contributed by atoms with van der Waals surface area (Å²) in [7, 11) is 0. The maximum absolute atomic E-state index is 5.29. The van der Waals surface area contributed by atoms with Crippen molar-refractivity contribution in [1.29, 1.82) is 0 Å². The highest BCUT2D eigenvalue weighted by Gasteiger charge is 2.19. The van der Waals surface area contributed by atoms with E-state index in [1.54, 1.807) is 6.20 Å². The van der Waals surface area contributed by atoms with E-state index >= 15 is 0 Å². The molecule has 24 heavy (non-hydrogen) atoms. The van der Waals surface area contributed by atoms with Crippen molar-refractivity contribution in [2.75, 3.05) is 31.1 Å². The number of aryl methyl sites for hydroxylation is 2. The van der Waals surface area contributed by atoms with Crippen molar-refractivity contribution in [2.45, 2.75) is 26.8 Å². The van der Waals surface area contributed by atoms with Crippen molar-refractivity contribution in [3.8, 4) is 0 Å². The molecule has 0 N–H and O–H groups in total. The number of anilines is 1. The number of rotatable bonds is 3. The van der Waals surface area contributed by atoms with Gasteiger partial charge in [-0.25, -0.2) is 9.50 Å². The van der Waals surface area contributed by atoms with E-state index in [2.05, 4.69) is 31.1 Å². The van der Waals surface area contributed by atoms with Gasteiger partial charge in [-0.15, -0.1) is 5.10 Å². The first-order valence-electron chi connectivity index (χ1n) is 8.40. The number of fused-ring (bicyclic) bond motifs is 1. The number of nitrogens with zero attached hydrogens (tertiary/aromatic N) is 6. The molecule has 4 rings (SSSR count). The van der Waals surface area contributed by atoms with E-state index in [1.165, 1.54) is 5.56 Å². The van der Waals surface area contributed by atoms with Crippen molar-refractivity contribution in [3.05, 3.63) is 41.5 Å². The van der Waals surface area contributed by atoms with E-state index in [0.29, 0.717) is 0 Å². The maximum atomic E-state index is 5.29. The molecular weight excluding hydrogens is 304 g/mol. The van der Waals surface area contributed by atoms with E-state index in [0.717, 1.165) is 62.1 Å². The van der Waals surface area contributed by atoms with Crippen molar-refractivity contribution in [2.24, 2.45) is 0 Å². The summed E-state index contributed by atoms with van der Waals surface area (Å²) in [6.45, 7) is 8.98. The summed E-state index contributed by atoms with van der Waals surface area (Å²) in [5, 5.41) is 8.73. The minimum Gasteiger partial charge on any atom is -0.361 e. The van der Waals surface area contributed by atoms with E-state index in [-0.39, 0.29) is 0 Å². The van der Waals surface area contributed by atoms with Gasteiger partial charge in [0.2, 0.25) is 0 Å². The van der Waals surface area contributed by atoms with E-state index < -0.39 is 0 Å². The molecule has 4 heterocycles. The summed E-state index contributed by atoms with van der Waals surface area (Å²) in [6.07, 6.45) is 4.79. The number of hydrogen-bond acceptors (Lipinski definition) is 6. The summed E-state index contributed by atoms with van der Waals surface area (Å²) < 4.78 is 7.12. The Morgan fingerprint density at radius 1 is 1.12 bits per heavy atom. The van der Waals surface area contributed by atoms with Crippen LogP contribution in [-0.4, -0.2) is 50.8 Å². The molecule has 0 aromatic carbocycles. The zero-order chi connectivity index (χ0) is 16.5. The molecule has 7 heteroatoms. The van der Waals surface area contributed by atoms with Gasteiger partial charge in [-0.1, -0.05) is 5.16 Å². The van der Waals surface area contributed by atoms with Gasteiger partial charge in [0, 0.05) is 50.7 Å². The quantitative estimate of drug-likeness (QED) is 0.734. The third kappa shape index (κ3) is 2.87. The number of aromatic nitrogens is 4. The lowest BCUT2D eigenvalue weighted by Crippen LogP contribution is -2.31. The Labute approximate surface area is 140 Å². The predicted molar refractivity (Wildman–Crippen MR) is 91.1 cm³/mol. The zero-order valence-corrected chi connectivity index (χ0v) is 14.1. The second-order valence-electron chi connectivity index (χ2n) is 6.34. The van der Waals surface area contributed by atoms with Crippen LogP contribution >= 0.6 is 0 Å². The average molecular weight is 326 g/mol. The molecular formula is C17H22N6O. The molecule has 3 aromatic heterocycles. The molecule has 0 aliphatic carbocycles. The lowest BCUT2D eigenvalue weighted by Gasteiger charge is -2.22. The molecule has 0 unspecified atom stereocenters. The Morgan fingerprint density at radius 2 is 2.04 bits per heavy atom. The summed E-state index contributed by atoms with van der Waals surface area (Å²) in [4.78, 5) is 9.08. The minimum absolute atomic E-state index is 0.883. The third-order valence-corrected chi connectivity index (χ3v) is 4.72. The third-order valence-electron chi connectivity index (χ3n) is 4.72. The average Bonchev–Trinajstić information content (AvgIpc) is 3.09. The molecule has 0 radical (unpaired) electrons. The maximum Gasteiger partial charge on any atom is 0.153 e. The van der Waals surface area contributed by atoms with Gasteiger partial charge in [0.15, 0.2) is 5.65 Å². The largest absolute Gasteiger partial charge is 0.361 e. The highest BCUT2D eigenvalue weighted by Crippen LogP contribution is 2.18. The van der Waals surface area contributed by atoms with Gasteiger partial charge in [0.25, 0.3) is 0 Å². The molecule has 0 saturated carbocycles. The van der Waals surface area contributed by atoms with Gasteiger partial charge >= 0.3 is 0 Å². The fourth-order valence-electron chi connectivity index (χ4n) is 3.28. The van der Waals surface area contributed by atoms with Gasteiger partial charge in [0.1, 0.15) is 11.6 Å². The van der Waals surface area contributed by atoms with Crippen molar-refractivity contribution in [1.82, 2.24) is 24.7 Å². The van der Waals surface area contributed by atoms with Gasteiger partial charge in [0.05, 0.1) is 5.69 Å². The lowest BCUT2D eigenvalue weighted by atomic mass is 10.2. The summed E-state index contributed by atoms with van der Waals surface area (Å²) >= 11 is 0. The molecule has 1 fully saturated rings. The Bertz CT molecular complexity index is 819. The summed E-state index contributed by atoms with van der Waals surface area (Å²) in [6, 6.07) is 4.08. The summed E-state index contributed by atoms with van der Waals surface area (Å²) in [5.74, 6) is 1.94. The Balaban J connectivity index is 1.46. The number of imidazole rings is 1. The first-order chi connectivity index (χ1) is 11.7. The van der Waals surface area contributed by atoms with Crippen molar-refractivity contribution >= 4 is 11.5 Å². The monoisotopic (exact) mass is 326 g/mol. The SMILES string of the molecule is Cc1noc(C)c1CN1CCCN(c2ccc3nccn3n2)CC1. The first-order valence-corrected chi connectivity index (χ1v) is 8.40. The highest BCUT2D eigenvalue weighted by atomic mass is 16.5. The fourth-order valence-corrected chi connectivity index (χ4v) is 3.28. The highest BCUT2D eigenvalue weighted by molar-refractivity contribution is 5.45. The van der Waals surface area contributed by atoms with Crippen LogP contribution in [0.1, 0.15) is 23.4 Å². The van der Waals surface area contributed by atoms with Crippen LogP contribution in [0.25, 0.3) is 5.65 Å². The minimum atomic E-state index is 0.883. The van der Waals surface area contributed by atoms with E-state index in [1.807, 2.05) is 30.6 Å². The fraction of sp³-hybridized carbons (Fsp3) is 0.471. The Morgan fingerprint density at radius 3 is 2.88 bits per heavy atom. The van der Waals surface area contributed by atoms with Crippen LogP contribution in [0.2, 0.25) is 0 Å². The van der Waals surface area contributed by atoms with Crippen LogP contribution in [0.5, 0.6) is 0 Å². The molecule has 1 saturated heterocycles. The van der Waals surface area contributed by atoms with Crippen LogP contribution in [-0.2, 0) is 6.54 Å².